The minimum atomic E-state index is -0.997. The van der Waals surface area contributed by atoms with Gasteiger partial charge in [-0.05, 0) is 43.3 Å². The van der Waals surface area contributed by atoms with E-state index in [0.717, 1.165) is 4.90 Å². The normalized spacial score (nSPS) is 13.9. The van der Waals surface area contributed by atoms with Crippen LogP contribution in [-0.2, 0) is 14.4 Å². The van der Waals surface area contributed by atoms with E-state index in [2.05, 4.69) is 5.32 Å². The highest BCUT2D eigenvalue weighted by molar-refractivity contribution is 6.45. The number of urea groups is 1. The van der Waals surface area contributed by atoms with Gasteiger partial charge >= 0.3 is 17.8 Å². The first-order valence-electron chi connectivity index (χ1n) is 8.29. The SMILES string of the molecule is CCN1C(=O)C(=O)N(CC(=O)Nc2ccc(Oc3ccccc3)cc2)C1=O. The summed E-state index contributed by atoms with van der Waals surface area (Å²) in [7, 11) is 0. The summed E-state index contributed by atoms with van der Waals surface area (Å²) in [5.41, 5.74) is 0.471. The number of nitrogens with zero attached hydrogens (tertiary/aromatic N) is 2. The fraction of sp³-hybridized carbons (Fsp3) is 0.158. The van der Waals surface area contributed by atoms with E-state index in [-0.39, 0.29) is 6.54 Å². The van der Waals surface area contributed by atoms with Gasteiger partial charge < -0.3 is 10.1 Å². The van der Waals surface area contributed by atoms with Crippen molar-refractivity contribution >= 4 is 29.4 Å². The lowest BCUT2D eigenvalue weighted by atomic mass is 10.3. The zero-order valence-corrected chi connectivity index (χ0v) is 14.5. The molecule has 2 aromatic carbocycles. The van der Waals surface area contributed by atoms with E-state index in [0.29, 0.717) is 22.1 Å². The summed E-state index contributed by atoms with van der Waals surface area (Å²) < 4.78 is 5.66. The molecule has 1 N–H and O–H groups in total. The first-order chi connectivity index (χ1) is 13.0. The molecule has 1 aliphatic heterocycles. The first kappa shape index (κ1) is 18.1. The third-order valence-corrected chi connectivity index (χ3v) is 3.87. The summed E-state index contributed by atoms with van der Waals surface area (Å²) in [6.07, 6.45) is 0. The molecule has 8 heteroatoms. The number of amides is 5. The monoisotopic (exact) mass is 367 g/mol. The molecule has 8 nitrogen and oxygen atoms in total. The van der Waals surface area contributed by atoms with Crippen molar-refractivity contribution in [3.63, 3.8) is 0 Å². The summed E-state index contributed by atoms with van der Waals surface area (Å²) in [4.78, 5) is 49.0. The van der Waals surface area contributed by atoms with E-state index in [1.54, 1.807) is 31.2 Å². The lowest BCUT2D eigenvalue weighted by Gasteiger charge is -2.14. The molecule has 1 saturated heterocycles. The maximum absolute atomic E-state index is 12.1. The molecule has 1 aliphatic rings. The number of carbonyl (C=O) groups is 4. The van der Waals surface area contributed by atoms with Crippen LogP contribution in [-0.4, -0.2) is 46.6 Å². The Morgan fingerprint density at radius 3 is 2.07 bits per heavy atom. The molecule has 0 aliphatic carbocycles. The predicted octanol–water partition coefficient (Wildman–Crippen LogP) is 2.23. The second-order valence-electron chi connectivity index (χ2n) is 5.71. The van der Waals surface area contributed by atoms with Crippen molar-refractivity contribution in [3.8, 4) is 11.5 Å². The highest BCUT2D eigenvalue weighted by Crippen LogP contribution is 2.22. The van der Waals surface area contributed by atoms with Crippen LogP contribution in [0.2, 0.25) is 0 Å². The lowest BCUT2D eigenvalue weighted by Crippen LogP contribution is -2.38. The van der Waals surface area contributed by atoms with E-state index >= 15 is 0 Å². The summed E-state index contributed by atoms with van der Waals surface area (Å²) in [5.74, 6) is -1.22. The number of rotatable bonds is 6. The van der Waals surface area contributed by atoms with Gasteiger partial charge in [0.2, 0.25) is 5.91 Å². The fourth-order valence-corrected chi connectivity index (χ4v) is 2.54. The van der Waals surface area contributed by atoms with Gasteiger partial charge in [0, 0.05) is 12.2 Å². The van der Waals surface area contributed by atoms with Crippen molar-refractivity contribution in [3.05, 3.63) is 54.6 Å². The van der Waals surface area contributed by atoms with Crippen molar-refractivity contribution in [2.75, 3.05) is 18.4 Å². The fourth-order valence-electron chi connectivity index (χ4n) is 2.54. The van der Waals surface area contributed by atoms with E-state index in [4.69, 9.17) is 4.74 Å². The van der Waals surface area contributed by atoms with Crippen molar-refractivity contribution < 1.29 is 23.9 Å². The number of nitrogens with one attached hydrogen (secondary N) is 1. The molecule has 3 rings (SSSR count). The number of ether oxygens (including phenoxy) is 1. The van der Waals surface area contributed by atoms with Crippen LogP contribution in [0.5, 0.6) is 11.5 Å². The Hall–Kier alpha value is -3.68. The minimum Gasteiger partial charge on any atom is -0.457 e. The van der Waals surface area contributed by atoms with Gasteiger partial charge in [0.1, 0.15) is 18.0 Å². The molecule has 27 heavy (non-hydrogen) atoms. The predicted molar refractivity (Wildman–Crippen MR) is 96.1 cm³/mol. The standard InChI is InChI=1S/C19H17N3O5/c1-2-21-17(24)18(25)22(19(21)26)12-16(23)20-13-8-10-15(11-9-13)27-14-6-4-3-5-7-14/h3-11H,2,12H2,1H3,(H,20,23). The Labute approximate surface area is 155 Å². The Morgan fingerprint density at radius 1 is 0.889 bits per heavy atom. The van der Waals surface area contributed by atoms with Gasteiger partial charge in [0.25, 0.3) is 0 Å². The number of carbonyl (C=O) groups excluding carboxylic acids is 4. The smallest absolute Gasteiger partial charge is 0.334 e. The van der Waals surface area contributed by atoms with Crippen LogP contribution in [0.4, 0.5) is 10.5 Å². The molecule has 0 saturated carbocycles. The highest BCUT2D eigenvalue weighted by Gasteiger charge is 2.44. The zero-order valence-electron chi connectivity index (χ0n) is 14.5. The van der Waals surface area contributed by atoms with Crippen molar-refractivity contribution in [1.29, 1.82) is 0 Å². The quantitative estimate of drug-likeness (QED) is 0.624. The summed E-state index contributed by atoms with van der Waals surface area (Å²) in [6.45, 7) is 1.12. The first-order valence-corrected chi connectivity index (χ1v) is 8.29. The van der Waals surface area contributed by atoms with Gasteiger partial charge in [-0.25, -0.2) is 9.69 Å². The Morgan fingerprint density at radius 2 is 1.48 bits per heavy atom. The number of likely N-dealkylation sites (N-methyl/N-ethyl adjacent to an activating group) is 1. The van der Waals surface area contributed by atoms with Crippen molar-refractivity contribution in [2.45, 2.75) is 6.92 Å². The molecule has 138 valence electrons. The molecule has 0 unspecified atom stereocenters. The molecular weight excluding hydrogens is 350 g/mol. The summed E-state index contributed by atoms with van der Waals surface area (Å²) >= 11 is 0. The number of benzene rings is 2. The Balaban J connectivity index is 1.59. The van der Waals surface area contributed by atoms with Gasteiger partial charge in [-0.1, -0.05) is 18.2 Å². The molecule has 0 aromatic heterocycles. The van der Waals surface area contributed by atoms with Gasteiger partial charge in [-0.3, -0.25) is 19.3 Å². The van der Waals surface area contributed by atoms with Crippen LogP contribution in [0.25, 0.3) is 0 Å². The summed E-state index contributed by atoms with van der Waals surface area (Å²) in [5, 5.41) is 2.58. The average molecular weight is 367 g/mol. The number of hydrogen-bond acceptors (Lipinski definition) is 5. The summed E-state index contributed by atoms with van der Waals surface area (Å²) in [6, 6.07) is 15.1. The largest absolute Gasteiger partial charge is 0.457 e. The molecule has 5 amide bonds. The molecule has 1 heterocycles. The zero-order chi connectivity index (χ0) is 19.4. The number of imide groups is 2. The maximum Gasteiger partial charge on any atom is 0.334 e. The van der Waals surface area contributed by atoms with E-state index < -0.39 is 30.3 Å². The third-order valence-electron chi connectivity index (χ3n) is 3.87. The number of para-hydroxylation sites is 1. The van der Waals surface area contributed by atoms with Crippen LogP contribution in [0.1, 0.15) is 6.92 Å². The second-order valence-corrected chi connectivity index (χ2v) is 5.71. The second kappa shape index (κ2) is 7.69. The molecule has 1 fully saturated rings. The van der Waals surface area contributed by atoms with Crippen LogP contribution >= 0.6 is 0 Å². The highest BCUT2D eigenvalue weighted by atomic mass is 16.5. The molecular formula is C19H17N3O5. The van der Waals surface area contributed by atoms with Gasteiger partial charge in [-0.15, -0.1) is 0 Å². The Bertz CT molecular complexity index is 880. The van der Waals surface area contributed by atoms with Gasteiger partial charge in [0.05, 0.1) is 0 Å². The van der Waals surface area contributed by atoms with Crippen LogP contribution in [0.3, 0.4) is 0 Å². The van der Waals surface area contributed by atoms with Crippen LogP contribution < -0.4 is 10.1 Å². The lowest BCUT2D eigenvalue weighted by molar-refractivity contribution is -0.143. The van der Waals surface area contributed by atoms with E-state index in [1.165, 1.54) is 0 Å². The minimum absolute atomic E-state index is 0.0738. The van der Waals surface area contributed by atoms with Crippen molar-refractivity contribution in [1.82, 2.24) is 9.80 Å². The van der Waals surface area contributed by atoms with Gasteiger partial charge in [-0.2, -0.15) is 0 Å². The molecule has 0 bridgehead atoms. The van der Waals surface area contributed by atoms with E-state index in [1.807, 2.05) is 30.3 Å². The van der Waals surface area contributed by atoms with Gasteiger partial charge in [0.15, 0.2) is 0 Å². The average Bonchev–Trinajstić information content (AvgIpc) is 2.87. The van der Waals surface area contributed by atoms with E-state index in [9.17, 15) is 19.2 Å². The third kappa shape index (κ3) is 3.95. The Kier molecular flexibility index (Phi) is 5.16. The van der Waals surface area contributed by atoms with Crippen LogP contribution in [0, 0.1) is 0 Å². The molecule has 2 aromatic rings. The molecule has 0 radical (unpaired) electrons. The molecule has 0 spiro atoms. The maximum atomic E-state index is 12.1. The molecule has 0 atom stereocenters. The number of anilines is 1. The van der Waals surface area contributed by atoms with Crippen molar-refractivity contribution in [2.24, 2.45) is 0 Å². The number of hydrogen-bond donors (Lipinski definition) is 1. The topological polar surface area (TPSA) is 96.0 Å². The van der Waals surface area contributed by atoms with Crippen LogP contribution in [0.15, 0.2) is 54.6 Å².